The highest BCUT2D eigenvalue weighted by molar-refractivity contribution is 8.00. The Hall–Kier alpha value is -1.60. The molecule has 0 aliphatic heterocycles. The van der Waals surface area contributed by atoms with E-state index >= 15 is 0 Å². The van der Waals surface area contributed by atoms with Crippen LogP contribution < -0.4 is 5.32 Å². The molecule has 1 fully saturated rings. The molecule has 1 aliphatic rings. The monoisotopic (exact) mass is 296 g/mol. The second-order valence-electron chi connectivity index (χ2n) is 4.75. The number of nitro benzene ring substituents is 1. The Morgan fingerprint density at radius 2 is 2.10 bits per heavy atom. The molecule has 1 saturated carbocycles. The molecule has 0 saturated heterocycles. The van der Waals surface area contributed by atoms with Gasteiger partial charge in [-0.15, -0.1) is 11.8 Å². The van der Waals surface area contributed by atoms with E-state index in [0.717, 1.165) is 17.7 Å². The largest absolute Gasteiger partial charge is 0.391 e. The number of non-ortho nitro benzene ring substituents is 1. The summed E-state index contributed by atoms with van der Waals surface area (Å²) >= 11 is 1.31. The molecule has 108 valence electrons. The first-order valence-corrected chi connectivity index (χ1v) is 7.37. The number of hydrogen-bond donors (Lipinski definition) is 2. The number of rotatable bonds is 7. The van der Waals surface area contributed by atoms with Gasteiger partial charge in [-0.2, -0.15) is 0 Å². The maximum Gasteiger partial charge on any atom is 0.269 e. The van der Waals surface area contributed by atoms with Crippen LogP contribution in [0.25, 0.3) is 0 Å². The van der Waals surface area contributed by atoms with Crippen LogP contribution in [0.3, 0.4) is 0 Å². The SMILES string of the molecule is O=C(CSc1ccc([N+](=O)[O-])cc1)NCC(O)C1CC1. The molecule has 1 aliphatic carbocycles. The van der Waals surface area contributed by atoms with Crippen molar-refractivity contribution in [2.24, 2.45) is 5.92 Å². The van der Waals surface area contributed by atoms with Gasteiger partial charge in [0.15, 0.2) is 0 Å². The van der Waals surface area contributed by atoms with Crippen LogP contribution in [0.1, 0.15) is 12.8 Å². The zero-order valence-electron chi connectivity index (χ0n) is 10.8. The highest BCUT2D eigenvalue weighted by atomic mass is 32.2. The fourth-order valence-corrected chi connectivity index (χ4v) is 2.46. The number of nitrogens with one attached hydrogen (secondary N) is 1. The van der Waals surface area contributed by atoms with E-state index in [2.05, 4.69) is 5.32 Å². The molecule has 0 spiro atoms. The van der Waals surface area contributed by atoms with E-state index in [-0.39, 0.29) is 17.3 Å². The summed E-state index contributed by atoms with van der Waals surface area (Å²) in [5.74, 6) is 0.431. The third-order valence-corrected chi connectivity index (χ3v) is 4.10. The molecule has 1 atom stereocenters. The number of hydrogen-bond acceptors (Lipinski definition) is 5. The molecule has 6 nitrogen and oxygen atoms in total. The van der Waals surface area contributed by atoms with Crippen LogP contribution in [0.5, 0.6) is 0 Å². The van der Waals surface area contributed by atoms with Gasteiger partial charge in [-0.3, -0.25) is 14.9 Å². The zero-order valence-corrected chi connectivity index (χ0v) is 11.6. The number of nitro groups is 1. The summed E-state index contributed by atoms with van der Waals surface area (Å²) in [6.07, 6.45) is 1.63. The van der Waals surface area contributed by atoms with Gasteiger partial charge in [0.2, 0.25) is 5.91 Å². The Labute approximate surface area is 120 Å². The van der Waals surface area contributed by atoms with Crippen molar-refractivity contribution in [2.45, 2.75) is 23.8 Å². The lowest BCUT2D eigenvalue weighted by atomic mass is 10.2. The summed E-state index contributed by atoms with van der Waals surface area (Å²) < 4.78 is 0. The number of aliphatic hydroxyl groups excluding tert-OH is 1. The van der Waals surface area contributed by atoms with Gasteiger partial charge in [-0.1, -0.05) is 0 Å². The van der Waals surface area contributed by atoms with Gasteiger partial charge in [0, 0.05) is 23.6 Å². The van der Waals surface area contributed by atoms with Crippen LogP contribution in [0, 0.1) is 16.0 Å². The van der Waals surface area contributed by atoms with Crippen LogP contribution in [-0.2, 0) is 4.79 Å². The summed E-state index contributed by atoms with van der Waals surface area (Å²) in [6.45, 7) is 0.296. The molecule has 0 bridgehead atoms. The van der Waals surface area contributed by atoms with Crippen molar-refractivity contribution in [3.8, 4) is 0 Å². The summed E-state index contributed by atoms with van der Waals surface area (Å²) in [6, 6.07) is 6.07. The van der Waals surface area contributed by atoms with E-state index in [4.69, 9.17) is 0 Å². The number of amides is 1. The molecule has 2 rings (SSSR count). The third kappa shape index (κ3) is 4.50. The molecule has 0 radical (unpaired) electrons. The molecule has 2 N–H and O–H groups in total. The van der Waals surface area contributed by atoms with Gasteiger partial charge in [0.25, 0.3) is 5.69 Å². The van der Waals surface area contributed by atoms with Crippen molar-refractivity contribution in [1.29, 1.82) is 0 Å². The summed E-state index contributed by atoms with van der Waals surface area (Å²) in [4.78, 5) is 22.4. The maximum absolute atomic E-state index is 11.6. The van der Waals surface area contributed by atoms with Crippen LogP contribution in [0.15, 0.2) is 29.2 Å². The molecule has 7 heteroatoms. The van der Waals surface area contributed by atoms with Crippen LogP contribution in [-0.4, -0.2) is 34.3 Å². The molecule has 20 heavy (non-hydrogen) atoms. The summed E-state index contributed by atoms with van der Waals surface area (Å²) in [7, 11) is 0. The van der Waals surface area contributed by atoms with Crippen LogP contribution in [0.4, 0.5) is 5.69 Å². The first kappa shape index (κ1) is 14.8. The normalized spacial score (nSPS) is 15.7. The minimum atomic E-state index is -0.458. The fraction of sp³-hybridized carbons (Fsp3) is 0.462. The van der Waals surface area contributed by atoms with E-state index in [0.29, 0.717) is 12.5 Å². The summed E-state index contributed by atoms with van der Waals surface area (Å²) in [5, 5.41) is 22.8. The van der Waals surface area contributed by atoms with Crippen molar-refractivity contribution in [3.05, 3.63) is 34.4 Å². The average Bonchev–Trinajstić information content (AvgIpc) is 3.27. The van der Waals surface area contributed by atoms with Gasteiger partial charge in [0.05, 0.1) is 16.8 Å². The smallest absolute Gasteiger partial charge is 0.269 e. The molecule has 1 aromatic carbocycles. The number of carbonyl (C=O) groups excluding carboxylic acids is 1. The first-order valence-electron chi connectivity index (χ1n) is 6.38. The van der Waals surface area contributed by atoms with Gasteiger partial charge in [0.1, 0.15) is 0 Å². The molecule has 1 amide bonds. The van der Waals surface area contributed by atoms with Crippen molar-refractivity contribution in [3.63, 3.8) is 0 Å². The number of carbonyl (C=O) groups is 1. The van der Waals surface area contributed by atoms with E-state index in [9.17, 15) is 20.0 Å². The van der Waals surface area contributed by atoms with Gasteiger partial charge < -0.3 is 10.4 Å². The Bertz CT molecular complexity index is 488. The van der Waals surface area contributed by atoms with Crippen molar-refractivity contribution in [1.82, 2.24) is 5.32 Å². The fourth-order valence-electron chi connectivity index (χ4n) is 1.73. The predicted octanol–water partition coefficient (Wildman–Crippen LogP) is 1.57. The first-order chi connectivity index (χ1) is 9.56. The predicted molar refractivity (Wildman–Crippen MR) is 75.6 cm³/mol. The minimum Gasteiger partial charge on any atom is -0.391 e. The van der Waals surface area contributed by atoms with E-state index < -0.39 is 11.0 Å². The quantitative estimate of drug-likeness (QED) is 0.452. The Morgan fingerprint density at radius 1 is 1.45 bits per heavy atom. The standard InChI is InChI=1S/C13H16N2O4S/c16-12(9-1-2-9)7-14-13(17)8-20-11-5-3-10(4-6-11)15(18)19/h3-6,9,12,16H,1-2,7-8H2,(H,14,17). The second-order valence-corrected chi connectivity index (χ2v) is 5.80. The average molecular weight is 296 g/mol. The number of nitrogens with zero attached hydrogens (tertiary/aromatic N) is 1. The van der Waals surface area contributed by atoms with Crippen molar-refractivity contribution >= 4 is 23.4 Å². The number of aliphatic hydroxyl groups is 1. The molecular formula is C13H16N2O4S. The summed E-state index contributed by atoms with van der Waals surface area (Å²) in [5.41, 5.74) is 0.0337. The highest BCUT2D eigenvalue weighted by Crippen LogP contribution is 2.32. The van der Waals surface area contributed by atoms with Crippen LogP contribution >= 0.6 is 11.8 Å². The van der Waals surface area contributed by atoms with Crippen LogP contribution in [0.2, 0.25) is 0 Å². The minimum absolute atomic E-state index is 0.0337. The second kappa shape index (κ2) is 6.71. The molecule has 0 aromatic heterocycles. The molecular weight excluding hydrogens is 280 g/mol. The molecule has 1 aromatic rings. The van der Waals surface area contributed by atoms with Crippen molar-refractivity contribution in [2.75, 3.05) is 12.3 Å². The van der Waals surface area contributed by atoms with E-state index in [1.165, 1.54) is 23.9 Å². The van der Waals surface area contributed by atoms with Crippen molar-refractivity contribution < 1.29 is 14.8 Å². The van der Waals surface area contributed by atoms with Gasteiger partial charge in [-0.05, 0) is 30.9 Å². The lowest BCUT2D eigenvalue weighted by Gasteiger charge is -2.10. The molecule has 1 unspecified atom stereocenters. The Balaban J connectivity index is 1.70. The third-order valence-electron chi connectivity index (χ3n) is 3.09. The number of benzene rings is 1. The lowest BCUT2D eigenvalue weighted by Crippen LogP contribution is -2.34. The topological polar surface area (TPSA) is 92.5 Å². The van der Waals surface area contributed by atoms with Gasteiger partial charge >= 0.3 is 0 Å². The Kier molecular flexibility index (Phi) is 4.97. The highest BCUT2D eigenvalue weighted by Gasteiger charge is 2.29. The molecule has 0 heterocycles. The number of thioether (sulfide) groups is 1. The van der Waals surface area contributed by atoms with E-state index in [1.807, 2.05) is 0 Å². The van der Waals surface area contributed by atoms with Gasteiger partial charge in [-0.25, -0.2) is 0 Å². The maximum atomic E-state index is 11.6. The van der Waals surface area contributed by atoms with E-state index in [1.54, 1.807) is 12.1 Å². The Morgan fingerprint density at radius 3 is 2.65 bits per heavy atom. The lowest BCUT2D eigenvalue weighted by molar-refractivity contribution is -0.384. The zero-order chi connectivity index (χ0) is 14.5.